The van der Waals surface area contributed by atoms with Crippen molar-refractivity contribution in [1.29, 1.82) is 0 Å². The molecule has 2 N–H and O–H groups in total. The van der Waals surface area contributed by atoms with Gasteiger partial charge in [-0.25, -0.2) is 0 Å². The van der Waals surface area contributed by atoms with Gasteiger partial charge in [0.05, 0.1) is 19.8 Å². The molecule has 2 unspecified atom stereocenters. The lowest BCUT2D eigenvalue weighted by Gasteiger charge is -2.28. The molecule has 0 saturated carbocycles. The molecule has 0 aromatic heterocycles. The molecule has 0 amide bonds. The van der Waals surface area contributed by atoms with Crippen molar-refractivity contribution in [3.8, 4) is 11.5 Å². The van der Waals surface area contributed by atoms with Crippen LogP contribution in [0.15, 0.2) is 18.2 Å². The van der Waals surface area contributed by atoms with Gasteiger partial charge in [0.15, 0.2) is 11.5 Å². The third-order valence-electron chi connectivity index (χ3n) is 3.86. The molecule has 2 aliphatic rings. The van der Waals surface area contributed by atoms with Crippen molar-refractivity contribution in [2.24, 2.45) is 11.7 Å². The summed E-state index contributed by atoms with van der Waals surface area (Å²) < 4.78 is 16.9. The molecule has 2 heterocycles. The monoisotopic (exact) mass is 263 g/mol. The van der Waals surface area contributed by atoms with Crippen LogP contribution >= 0.6 is 0 Å². The minimum atomic E-state index is 0.0115. The lowest BCUT2D eigenvalue weighted by atomic mass is 9.89. The Morgan fingerprint density at radius 3 is 2.68 bits per heavy atom. The molecule has 104 valence electrons. The van der Waals surface area contributed by atoms with Gasteiger partial charge in [-0.1, -0.05) is 6.07 Å². The Labute approximate surface area is 113 Å². The molecule has 0 spiro atoms. The van der Waals surface area contributed by atoms with Gasteiger partial charge in [0.1, 0.15) is 0 Å². The van der Waals surface area contributed by atoms with E-state index in [-0.39, 0.29) is 6.04 Å². The quantitative estimate of drug-likeness (QED) is 0.889. The highest BCUT2D eigenvalue weighted by molar-refractivity contribution is 5.44. The van der Waals surface area contributed by atoms with E-state index in [1.54, 1.807) is 0 Å². The number of hydrogen-bond donors (Lipinski definition) is 1. The van der Waals surface area contributed by atoms with E-state index in [2.05, 4.69) is 0 Å². The second-order valence-corrected chi connectivity index (χ2v) is 5.26. The van der Waals surface area contributed by atoms with Gasteiger partial charge in [-0.05, 0) is 30.5 Å². The smallest absolute Gasteiger partial charge is 0.161 e. The Bertz CT molecular complexity index is 429. The minimum Gasteiger partial charge on any atom is -0.490 e. The largest absolute Gasteiger partial charge is 0.490 e. The summed E-state index contributed by atoms with van der Waals surface area (Å²) >= 11 is 0. The van der Waals surface area contributed by atoms with E-state index >= 15 is 0 Å². The van der Waals surface area contributed by atoms with Crippen LogP contribution in [-0.2, 0) is 4.74 Å². The van der Waals surface area contributed by atoms with E-state index in [0.717, 1.165) is 56.1 Å². The second kappa shape index (κ2) is 5.80. The average Bonchev–Trinajstić information content (AvgIpc) is 2.72. The van der Waals surface area contributed by atoms with Gasteiger partial charge in [0, 0.05) is 25.0 Å². The number of rotatable bonds is 2. The molecule has 1 aromatic carbocycles. The summed E-state index contributed by atoms with van der Waals surface area (Å²) in [5.41, 5.74) is 7.48. The molecular weight excluding hydrogens is 242 g/mol. The van der Waals surface area contributed by atoms with E-state index < -0.39 is 0 Å². The van der Waals surface area contributed by atoms with Crippen LogP contribution in [0.1, 0.15) is 30.9 Å². The molecule has 3 rings (SSSR count). The highest BCUT2D eigenvalue weighted by Crippen LogP contribution is 2.34. The molecule has 1 aromatic rings. The Morgan fingerprint density at radius 1 is 1.05 bits per heavy atom. The average molecular weight is 263 g/mol. The van der Waals surface area contributed by atoms with Crippen molar-refractivity contribution >= 4 is 0 Å². The van der Waals surface area contributed by atoms with E-state index in [0.29, 0.717) is 12.5 Å². The Hall–Kier alpha value is -1.26. The van der Waals surface area contributed by atoms with Crippen LogP contribution < -0.4 is 15.2 Å². The van der Waals surface area contributed by atoms with Crippen LogP contribution in [-0.4, -0.2) is 26.4 Å². The Balaban J connectivity index is 1.78. The summed E-state index contributed by atoms with van der Waals surface area (Å²) in [6.07, 6.45) is 3.16. The number of fused-ring (bicyclic) bond motifs is 1. The van der Waals surface area contributed by atoms with Crippen molar-refractivity contribution in [2.75, 3.05) is 26.4 Å². The van der Waals surface area contributed by atoms with Crippen LogP contribution in [0.2, 0.25) is 0 Å². The van der Waals surface area contributed by atoms with Crippen LogP contribution in [0.4, 0.5) is 0 Å². The van der Waals surface area contributed by atoms with Crippen LogP contribution in [0, 0.1) is 5.92 Å². The van der Waals surface area contributed by atoms with Gasteiger partial charge >= 0.3 is 0 Å². The van der Waals surface area contributed by atoms with Gasteiger partial charge in [0.2, 0.25) is 0 Å². The maximum atomic E-state index is 6.37. The zero-order valence-corrected chi connectivity index (χ0v) is 11.1. The van der Waals surface area contributed by atoms with Crippen molar-refractivity contribution in [2.45, 2.75) is 25.3 Å². The molecule has 0 aliphatic carbocycles. The lowest BCUT2D eigenvalue weighted by molar-refractivity contribution is 0.0447. The first kappa shape index (κ1) is 12.8. The summed E-state index contributed by atoms with van der Waals surface area (Å²) in [6.45, 7) is 3.05. The SMILES string of the molecule is NC(c1ccc2c(c1)OCCCO2)C1CCCOC1. The second-order valence-electron chi connectivity index (χ2n) is 5.26. The molecule has 1 saturated heterocycles. The highest BCUT2D eigenvalue weighted by Gasteiger charge is 2.23. The van der Waals surface area contributed by atoms with Crippen LogP contribution in [0.25, 0.3) is 0 Å². The Kier molecular flexibility index (Phi) is 3.89. The standard InChI is InChI=1S/C15H21NO3/c16-15(12-3-1-6-17-10-12)11-4-5-13-14(9-11)19-8-2-7-18-13/h4-5,9,12,15H,1-3,6-8,10,16H2. The fourth-order valence-electron chi connectivity index (χ4n) is 2.71. The van der Waals surface area contributed by atoms with Gasteiger partial charge in [-0.3, -0.25) is 0 Å². The summed E-state index contributed by atoms with van der Waals surface area (Å²) in [5.74, 6) is 2.05. The zero-order chi connectivity index (χ0) is 13.1. The first-order valence-electron chi connectivity index (χ1n) is 7.07. The molecule has 0 bridgehead atoms. The fourth-order valence-corrected chi connectivity index (χ4v) is 2.71. The van der Waals surface area contributed by atoms with Gasteiger partial charge < -0.3 is 19.9 Å². The Morgan fingerprint density at radius 2 is 1.89 bits per heavy atom. The summed E-state index contributed by atoms with van der Waals surface area (Å²) in [5, 5.41) is 0. The lowest BCUT2D eigenvalue weighted by Crippen LogP contribution is -2.29. The number of nitrogens with two attached hydrogens (primary N) is 1. The number of ether oxygens (including phenoxy) is 3. The molecule has 2 atom stereocenters. The summed E-state index contributed by atoms with van der Waals surface area (Å²) in [7, 11) is 0. The van der Waals surface area contributed by atoms with Gasteiger partial charge in [0.25, 0.3) is 0 Å². The van der Waals surface area contributed by atoms with E-state index in [4.69, 9.17) is 19.9 Å². The van der Waals surface area contributed by atoms with Crippen molar-refractivity contribution in [3.05, 3.63) is 23.8 Å². The molecule has 1 fully saturated rings. The predicted octanol–water partition coefficient (Wildman–Crippen LogP) is 2.27. The highest BCUT2D eigenvalue weighted by atomic mass is 16.5. The molecule has 4 heteroatoms. The molecule has 19 heavy (non-hydrogen) atoms. The van der Waals surface area contributed by atoms with Crippen molar-refractivity contribution < 1.29 is 14.2 Å². The van der Waals surface area contributed by atoms with E-state index in [1.807, 2.05) is 18.2 Å². The molecular formula is C15H21NO3. The van der Waals surface area contributed by atoms with Crippen LogP contribution in [0.5, 0.6) is 11.5 Å². The van der Waals surface area contributed by atoms with E-state index in [9.17, 15) is 0 Å². The fraction of sp³-hybridized carbons (Fsp3) is 0.600. The zero-order valence-electron chi connectivity index (χ0n) is 11.1. The molecule has 4 nitrogen and oxygen atoms in total. The van der Waals surface area contributed by atoms with Crippen LogP contribution in [0.3, 0.4) is 0 Å². The van der Waals surface area contributed by atoms with Crippen molar-refractivity contribution in [1.82, 2.24) is 0 Å². The predicted molar refractivity (Wildman–Crippen MR) is 72.5 cm³/mol. The third-order valence-corrected chi connectivity index (χ3v) is 3.86. The maximum Gasteiger partial charge on any atom is 0.161 e. The summed E-state index contributed by atoms with van der Waals surface area (Å²) in [6, 6.07) is 6.06. The first-order chi connectivity index (χ1) is 9.34. The minimum absolute atomic E-state index is 0.0115. The summed E-state index contributed by atoms with van der Waals surface area (Å²) in [4.78, 5) is 0. The normalized spacial score (nSPS) is 24.6. The first-order valence-corrected chi connectivity index (χ1v) is 7.07. The number of benzene rings is 1. The molecule has 0 radical (unpaired) electrons. The van der Waals surface area contributed by atoms with Crippen molar-refractivity contribution in [3.63, 3.8) is 0 Å². The third kappa shape index (κ3) is 2.85. The van der Waals surface area contributed by atoms with Gasteiger partial charge in [-0.15, -0.1) is 0 Å². The topological polar surface area (TPSA) is 53.7 Å². The van der Waals surface area contributed by atoms with Gasteiger partial charge in [-0.2, -0.15) is 0 Å². The maximum absolute atomic E-state index is 6.37. The number of hydrogen-bond acceptors (Lipinski definition) is 4. The molecule has 2 aliphatic heterocycles. The van der Waals surface area contributed by atoms with E-state index in [1.165, 1.54) is 0 Å².